The van der Waals surface area contributed by atoms with E-state index in [0.717, 1.165) is 0 Å². The number of hydrogen-bond acceptors (Lipinski definition) is 2. The quantitative estimate of drug-likeness (QED) is 0.410. The van der Waals surface area contributed by atoms with E-state index in [1.54, 1.807) is 0 Å². The molecule has 7 heteroatoms. The molecule has 0 aliphatic rings. The van der Waals surface area contributed by atoms with Crippen molar-refractivity contribution in [3.05, 3.63) is 0 Å². The molecule has 0 rings (SSSR count). The third-order valence-corrected chi connectivity index (χ3v) is 0. The Hall–Kier alpha value is 1.53. The topological polar surface area (TPSA) is 74.6 Å². The summed E-state index contributed by atoms with van der Waals surface area (Å²) in [6, 6.07) is 0. The van der Waals surface area contributed by atoms with Gasteiger partial charge in [-0.25, -0.2) is 0 Å². The van der Waals surface area contributed by atoms with Crippen molar-refractivity contribution in [2.24, 2.45) is 0 Å². The van der Waals surface area contributed by atoms with Crippen molar-refractivity contribution in [3.63, 3.8) is 0 Å². The van der Waals surface area contributed by atoms with Gasteiger partial charge in [-0.15, -0.1) is 0 Å². The summed E-state index contributed by atoms with van der Waals surface area (Å²) in [5.74, 6) is 0. The van der Waals surface area contributed by atoms with E-state index < -0.39 is 13.4 Å². The summed E-state index contributed by atoms with van der Waals surface area (Å²) in [4.78, 5) is 0. The molecule has 0 saturated heterocycles. The van der Waals surface area contributed by atoms with Gasteiger partial charge in [0.05, 0.1) is 0 Å². The van der Waals surface area contributed by atoms with Crippen molar-refractivity contribution in [1.29, 1.82) is 0 Å². The van der Waals surface area contributed by atoms with Gasteiger partial charge < -0.3 is 0 Å². The number of hydrogen-bond donors (Lipinski definition) is 2. The van der Waals surface area contributed by atoms with Gasteiger partial charge in [-0.2, -0.15) is 0 Å². The predicted molar refractivity (Wildman–Crippen MR) is 21.5 cm³/mol. The predicted octanol–water partition coefficient (Wildman–Crippen LogP) is -2.92. The van der Waals surface area contributed by atoms with Crippen molar-refractivity contribution in [2.75, 3.05) is 0 Å². The van der Waals surface area contributed by atoms with Gasteiger partial charge in [0, 0.05) is 27.7 Å². The van der Waals surface area contributed by atoms with Crippen LogP contribution in [0.1, 0.15) is 0 Å². The zero-order valence-electron chi connectivity index (χ0n) is 3.53. The van der Waals surface area contributed by atoms with E-state index in [0.29, 0.717) is 0 Å². The van der Waals surface area contributed by atoms with E-state index in [1.165, 1.54) is 0 Å². The molecular formula is H5AsHgO4Se. The first kappa shape index (κ1) is 15.8. The van der Waals surface area contributed by atoms with Crippen LogP contribution >= 0.6 is 0 Å². The minimum atomic E-state index is -5.25. The van der Waals surface area contributed by atoms with E-state index in [2.05, 4.69) is 0 Å². The van der Waals surface area contributed by atoms with Crippen LogP contribution in [0.5, 0.6) is 0 Å². The fourth-order valence-corrected chi connectivity index (χ4v) is 0. The van der Waals surface area contributed by atoms with Crippen LogP contribution < -0.4 is 0 Å². The van der Waals surface area contributed by atoms with Crippen molar-refractivity contribution < 1.29 is 43.7 Å². The largest absolute Gasteiger partial charge is 0 e. The van der Waals surface area contributed by atoms with Crippen molar-refractivity contribution in [1.82, 2.24) is 0 Å². The van der Waals surface area contributed by atoms with Gasteiger partial charge in [0.15, 0.2) is 0 Å². The molecule has 2 N–H and O–H groups in total. The summed E-state index contributed by atoms with van der Waals surface area (Å²) >= 11 is -5.25. The van der Waals surface area contributed by atoms with Crippen LogP contribution in [0.25, 0.3) is 0 Å². The summed E-state index contributed by atoms with van der Waals surface area (Å²) in [5.41, 5.74) is 0. The van der Waals surface area contributed by atoms with Crippen LogP contribution in [0, 0.1) is 0 Å². The molecule has 0 aromatic carbocycles. The summed E-state index contributed by atoms with van der Waals surface area (Å²) < 4.78 is 31.9. The molecule has 0 saturated carbocycles. The van der Waals surface area contributed by atoms with E-state index in [1.807, 2.05) is 0 Å². The van der Waals surface area contributed by atoms with Crippen LogP contribution in [0.15, 0.2) is 0 Å². The molecule has 0 aliphatic carbocycles. The average molecular weight is 424 g/mol. The van der Waals surface area contributed by atoms with Crippen LogP contribution in [0.2, 0.25) is 0 Å². The minimum Gasteiger partial charge on any atom is 0 e. The standard InChI is InChI=1S/AsH3.Hg.H2O4Se/c;;1-5(2,3)4/h1H3;;(H2,1,2,3,4). The fraction of sp³-hybridized carbons (Fsp3) is 0. The molecule has 0 fully saturated rings. The maximum Gasteiger partial charge on any atom is 0 e. The third kappa shape index (κ3) is 98.1. The molecule has 0 heterocycles. The van der Waals surface area contributed by atoms with Gasteiger partial charge in [0.2, 0.25) is 0 Å². The van der Waals surface area contributed by atoms with E-state index in [9.17, 15) is 0 Å². The van der Waals surface area contributed by atoms with Crippen molar-refractivity contribution >= 4 is 31.3 Å². The van der Waals surface area contributed by atoms with Gasteiger partial charge in [0.25, 0.3) is 0 Å². The average Bonchev–Trinajstić information content (AvgIpc) is 0.722. The van der Waals surface area contributed by atoms with Crippen LogP contribution in [0.4, 0.5) is 0 Å². The van der Waals surface area contributed by atoms with Crippen LogP contribution in [-0.4, -0.2) is 39.7 Å². The van der Waals surface area contributed by atoms with Crippen molar-refractivity contribution in [2.45, 2.75) is 0 Å². The molecule has 4 nitrogen and oxygen atoms in total. The molecule has 0 bridgehead atoms. The Morgan fingerprint density at radius 3 is 1.14 bits per heavy atom. The second-order valence-corrected chi connectivity index (χ2v) is 2.33. The van der Waals surface area contributed by atoms with E-state index in [4.69, 9.17) is 16.0 Å². The summed E-state index contributed by atoms with van der Waals surface area (Å²) in [6.07, 6.45) is 0. The first-order chi connectivity index (χ1) is 2.00. The maximum atomic E-state index is 8.82. The van der Waals surface area contributed by atoms with Gasteiger partial charge in [-0.3, -0.25) is 0 Å². The van der Waals surface area contributed by atoms with Gasteiger partial charge in [-0.1, -0.05) is 0 Å². The molecule has 0 spiro atoms. The van der Waals surface area contributed by atoms with Crippen molar-refractivity contribution in [3.8, 4) is 0 Å². The molecule has 0 amide bonds. The Balaban J connectivity index is -0.0000000800. The molecule has 1 atom stereocenters. The molecule has 7 heavy (non-hydrogen) atoms. The molecule has 1 unspecified atom stereocenters. The zero-order chi connectivity index (χ0) is 4.50. The van der Waals surface area contributed by atoms with Gasteiger partial charge in [0.1, 0.15) is 0 Å². The van der Waals surface area contributed by atoms with Crippen LogP contribution in [0.3, 0.4) is 0 Å². The molecule has 42 valence electrons. The third-order valence-electron chi connectivity index (χ3n) is 0. The zero-order valence-corrected chi connectivity index (χ0v) is 13.7. The van der Waals surface area contributed by atoms with Gasteiger partial charge in [-0.05, 0) is 0 Å². The summed E-state index contributed by atoms with van der Waals surface area (Å²) in [6.45, 7) is 0. The molecule has 0 aromatic rings. The molecular weight excluding hydrogens is 418 g/mol. The second kappa shape index (κ2) is 5.67. The SMILES string of the molecule is O=[Se](=O)(O)O.[AsH3].[Hg]. The second-order valence-electron chi connectivity index (χ2n) is 0.448. The van der Waals surface area contributed by atoms with E-state index >= 15 is 0 Å². The first-order valence-electron chi connectivity index (χ1n) is 0.698. The van der Waals surface area contributed by atoms with E-state index in [-0.39, 0.29) is 45.6 Å². The Morgan fingerprint density at radius 1 is 1.14 bits per heavy atom. The Morgan fingerprint density at radius 2 is 1.14 bits per heavy atom. The monoisotopic (exact) mass is 426 g/mol. The molecule has 0 aliphatic heterocycles. The van der Waals surface area contributed by atoms with Crippen LogP contribution in [-0.2, 0) is 35.3 Å². The first-order valence-corrected chi connectivity index (χ1v) is 3.63. The molecule has 0 radical (unpaired) electrons. The summed E-state index contributed by atoms with van der Waals surface area (Å²) in [5, 5.41) is 0. The number of rotatable bonds is 0. The molecule has 0 aromatic heterocycles. The smallest absolute Gasteiger partial charge is 0 e. The Bertz CT molecular complexity index is 94.9. The normalized spacial score (nSPS) is 8.29. The summed E-state index contributed by atoms with van der Waals surface area (Å²) in [7, 11) is 0. The Kier molecular flexibility index (Phi) is 12.8. The Labute approximate surface area is 74.4 Å². The maximum absolute atomic E-state index is 8.82. The minimum absolute atomic E-state index is 0. The van der Waals surface area contributed by atoms with Gasteiger partial charge >= 0.3 is 47.4 Å². The fourth-order valence-electron chi connectivity index (χ4n) is 0.